The lowest BCUT2D eigenvalue weighted by Crippen LogP contribution is -2.16. The summed E-state index contributed by atoms with van der Waals surface area (Å²) < 4.78 is 52.5. The topological polar surface area (TPSA) is 27.7 Å². The van der Waals surface area contributed by atoms with E-state index in [2.05, 4.69) is 10.8 Å². The fraction of sp³-hybridized carbons (Fsp3) is 0.174. The van der Waals surface area contributed by atoms with Gasteiger partial charge in [-0.05, 0) is 73.6 Å². The standard InChI is InChI=1S/C23H18F3O3S/c1-15(2)28-21-5-3-4-20(16-6-12-19(13-7-16)29-23(24,25)26)22(21)17-8-10-18(11-9-17)27-14-30/h3,5-15H,1-2H3. The van der Waals surface area contributed by atoms with Crippen LogP contribution in [0.1, 0.15) is 13.8 Å². The van der Waals surface area contributed by atoms with Gasteiger partial charge in [0.15, 0.2) is 5.55 Å². The summed E-state index contributed by atoms with van der Waals surface area (Å²) in [5, 5.41) is 0. The van der Waals surface area contributed by atoms with Crippen LogP contribution in [-0.2, 0) is 0 Å². The first kappa shape index (κ1) is 21.6. The van der Waals surface area contributed by atoms with Gasteiger partial charge < -0.3 is 14.2 Å². The average Bonchev–Trinajstić information content (AvgIpc) is 2.68. The number of alkyl halides is 3. The monoisotopic (exact) mass is 431 g/mol. The molecule has 155 valence electrons. The minimum Gasteiger partial charge on any atom is -0.490 e. The highest BCUT2D eigenvalue weighted by Gasteiger charge is 2.31. The highest BCUT2D eigenvalue weighted by atomic mass is 32.1. The van der Waals surface area contributed by atoms with Crippen LogP contribution < -0.4 is 14.2 Å². The highest BCUT2D eigenvalue weighted by Crippen LogP contribution is 2.40. The molecular formula is C23H18F3O3S. The third-order valence-corrected chi connectivity index (χ3v) is 4.12. The van der Waals surface area contributed by atoms with Crippen molar-refractivity contribution in [2.24, 2.45) is 0 Å². The zero-order valence-corrected chi connectivity index (χ0v) is 17.0. The maximum Gasteiger partial charge on any atom is 0.573 e. The van der Waals surface area contributed by atoms with E-state index in [9.17, 15) is 13.2 Å². The molecular weight excluding hydrogens is 413 g/mol. The molecule has 0 atom stereocenters. The van der Waals surface area contributed by atoms with Gasteiger partial charge >= 0.3 is 6.36 Å². The number of benzene rings is 3. The van der Waals surface area contributed by atoms with Crippen molar-refractivity contribution in [1.29, 1.82) is 0 Å². The van der Waals surface area contributed by atoms with E-state index in [0.29, 0.717) is 22.6 Å². The van der Waals surface area contributed by atoms with E-state index in [1.54, 1.807) is 36.4 Å². The van der Waals surface area contributed by atoms with Crippen LogP contribution in [0.15, 0.2) is 60.7 Å². The van der Waals surface area contributed by atoms with E-state index in [1.807, 2.05) is 26.0 Å². The minimum absolute atomic E-state index is 0.0704. The largest absolute Gasteiger partial charge is 0.573 e. The lowest BCUT2D eigenvalue weighted by Gasteiger charge is -2.18. The van der Waals surface area contributed by atoms with E-state index in [0.717, 1.165) is 11.1 Å². The lowest BCUT2D eigenvalue weighted by atomic mass is 9.93. The quantitative estimate of drug-likeness (QED) is 0.383. The summed E-state index contributed by atoms with van der Waals surface area (Å²) in [4.78, 5) is 0. The maximum atomic E-state index is 12.4. The zero-order valence-electron chi connectivity index (χ0n) is 16.2. The third-order valence-electron chi connectivity index (χ3n) is 4.03. The molecule has 7 heteroatoms. The molecule has 3 aromatic carbocycles. The summed E-state index contributed by atoms with van der Waals surface area (Å²) in [6, 6.07) is 19.6. The van der Waals surface area contributed by atoms with Crippen molar-refractivity contribution in [3.63, 3.8) is 0 Å². The lowest BCUT2D eigenvalue weighted by molar-refractivity contribution is -0.274. The smallest absolute Gasteiger partial charge is 0.490 e. The Morgan fingerprint density at radius 2 is 1.50 bits per heavy atom. The minimum atomic E-state index is -4.74. The maximum absolute atomic E-state index is 12.4. The molecule has 0 fully saturated rings. The van der Waals surface area contributed by atoms with Gasteiger partial charge in [0.2, 0.25) is 0 Å². The Kier molecular flexibility index (Phi) is 6.62. The van der Waals surface area contributed by atoms with Crippen molar-refractivity contribution < 1.29 is 27.4 Å². The Morgan fingerprint density at radius 3 is 2.07 bits per heavy atom. The van der Waals surface area contributed by atoms with E-state index in [4.69, 9.17) is 21.7 Å². The number of hydrogen-bond donors (Lipinski definition) is 0. The molecule has 0 aliphatic heterocycles. The summed E-state index contributed by atoms with van der Waals surface area (Å²) in [6.45, 7) is 3.83. The van der Waals surface area contributed by atoms with Gasteiger partial charge in [0.05, 0.1) is 6.10 Å². The number of halogens is 3. The Labute approximate surface area is 178 Å². The zero-order chi connectivity index (χ0) is 21.7. The van der Waals surface area contributed by atoms with Crippen molar-refractivity contribution in [3.05, 3.63) is 66.7 Å². The Hall–Kier alpha value is -3.06. The molecule has 3 aromatic rings. The SMILES string of the molecule is CC(C)Oc1cc[c]c(-c2ccc(OC(F)(F)F)cc2)c1-c1ccc(OC=S)cc1. The normalized spacial score (nSPS) is 11.3. The van der Waals surface area contributed by atoms with Crippen molar-refractivity contribution >= 4 is 17.8 Å². The Bertz CT molecular complexity index is 998. The first-order chi connectivity index (χ1) is 14.3. The van der Waals surface area contributed by atoms with Crippen LogP contribution in [0.5, 0.6) is 17.2 Å². The molecule has 0 unspecified atom stereocenters. The molecule has 0 N–H and O–H groups in total. The Morgan fingerprint density at radius 1 is 0.900 bits per heavy atom. The predicted molar refractivity (Wildman–Crippen MR) is 113 cm³/mol. The first-order valence-corrected chi connectivity index (χ1v) is 9.52. The van der Waals surface area contributed by atoms with Crippen LogP contribution in [0.2, 0.25) is 0 Å². The van der Waals surface area contributed by atoms with Crippen LogP contribution in [0.25, 0.3) is 22.3 Å². The second-order valence-electron chi connectivity index (χ2n) is 6.57. The van der Waals surface area contributed by atoms with E-state index >= 15 is 0 Å². The number of ether oxygens (including phenoxy) is 3. The summed E-state index contributed by atoms with van der Waals surface area (Å²) in [5.74, 6) is 0.942. The van der Waals surface area contributed by atoms with Crippen LogP contribution in [0.4, 0.5) is 13.2 Å². The van der Waals surface area contributed by atoms with Gasteiger partial charge in [-0.3, -0.25) is 0 Å². The summed E-state index contributed by atoms with van der Waals surface area (Å²) in [5.41, 5.74) is 4.15. The van der Waals surface area contributed by atoms with Gasteiger partial charge in [0, 0.05) is 11.1 Å². The van der Waals surface area contributed by atoms with Gasteiger partial charge in [0.25, 0.3) is 0 Å². The number of rotatable bonds is 7. The van der Waals surface area contributed by atoms with E-state index in [1.165, 1.54) is 17.7 Å². The van der Waals surface area contributed by atoms with E-state index in [-0.39, 0.29) is 11.9 Å². The number of thiocarbonyl (C=S) groups is 1. The molecule has 3 rings (SSSR count). The molecule has 30 heavy (non-hydrogen) atoms. The molecule has 0 saturated heterocycles. The second kappa shape index (κ2) is 9.17. The number of hydrogen-bond acceptors (Lipinski definition) is 4. The molecule has 3 nitrogen and oxygen atoms in total. The summed E-state index contributed by atoms with van der Waals surface area (Å²) in [7, 11) is 0. The summed E-state index contributed by atoms with van der Waals surface area (Å²) in [6.07, 6.45) is -4.81. The van der Waals surface area contributed by atoms with Crippen molar-refractivity contribution in [2.75, 3.05) is 0 Å². The molecule has 0 saturated carbocycles. The average molecular weight is 431 g/mol. The predicted octanol–water partition coefficient (Wildman–Crippen LogP) is 6.84. The molecule has 0 aromatic heterocycles. The molecule has 0 spiro atoms. The molecule has 0 aliphatic rings. The van der Waals surface area contributed by atoms with Crippen LogP contribution in [0, 0.1) is 6.07 Å². The second-order valence-corrected chi connectivity index (χ2v) is 6.76. The molecule has 0 bridgehead atoms. The van der Waals surface area contributed by atoms with Crippen molar-refractivity contribution in [2.45, 2.75) is 26.3 Å². The van der Waals surface area contributed by atoms with Gasteiger partial charge in [-0.1, -0.05) is 30.3 Å². The molecule has 0 heterocycles. The first-order valence-electron chi connectivity index (χ1n) is 9.05. The molecule has 0 amide bonds. The Balaban J connectivity index is 2.07. The van der Waals surface area contributed by atoms with Crippen LogP contribution >= 0.6 is 12.2 Å². The van der Waals surface area contributed by atoms with Crippen LogP contribution in [0.3, 0.4) is 0 Å². The van der Waals surface area contributed by atoms with Gasteiger partial charge in [-0.15, -0.1) is 13.2 Å². The summed E-state index contributed by atoms with van der Waals surface area (Å²) >= 11 is 4.70. The van der Waals surface area contributed by atoms with Gasteiger partial charge in [-0.25, -0.2) is 0 Å². The fourth-order valence-corrected chi connectivity index (χ4v) is 3.04. The fourth-order valence-electron chi connectivity index (χ4n) is 2.92. The molecule has 0 aliphatic carbocycles. The van der Waals surface area contributed by atoms with Gasteiger partial charge in [-0.2, -0.15) is 0 Å². The molecule has 1 radical (unpaired) electrons. The highest BCUT2D eigenvalue weighted by molar-refractivity contribution is 7.78. The van der Waals surface area contributed by atoms with Crippen molar-refractivity contribution in [1.82, 2.24) is 0 Å². The van der Waals surface area contributed by atoms with Gasteiger partial charge in [0.1, 0.15) is 17.2 Å². The van der Waals surface area contributed by atoms with E-state index < -0.39 is 6.36 Å². The third kappa shape index (κ3) is 5.51. The van der Waals surface area contributed by atoms with Crippen molar-refractivity contribution in [3.8, 4) is 39.5 Å². The van der Waals surface area contributed by atoms with Crippen LogP contribution in [-0.4, -0.2) is 18.0 Å².